The molecule has 1 unspecified atom stereocenters. The Bertz CT molecular complexity index is 393. The average molecular weight is 251 g/mol. The van der Waals surface area contributed by atoms with Gasteiger partial charge in [-0.05, 0) is 13.3 Å². The van der Waals surface area contributed by atoms with Crippen molar-refractivity contribution in [3.8, 4) is 5.75 Å². The van der Waals surface area contributed by atoms with Crippen molar-refractivity contribution in [1.82, 2.24) is 0 Å². The average Bonchev–Trinajstić information content (AvgIpc) is 2.30. The second kappa shape index (κ2) is 5.25. The summed E-state index contributed by atoms with van der Waals surface area (Å²) in [5, 5.41) is 0. The van der Waals surface area contributed by atoms with Crippen molar-refractivity contribution in [3.63, 3.8) is 0 Å². The van der Waals surface area contributed by atoms with Crippen LogP contribution in [0.2, 0.25) is 0 Å². The van der Waals surface area contributed by atoms with Crippen LogP contribution in [0, 0.1) is 23.3 Å². The summed E-state index contributed by atoms with van der Waals surface area (Å²) < 4.78 is 57.6. The summed E-state index contributed by atoms with van der Waals surface area (Å²) in [6.45, 7) is 3.39. The molecule has 0 aromatic heterocycles. The lowest BCUT2D eigenvalue weighted by Crippen LogP contribution is -2.15. The van der Waals surface area contributed by atoms with Gasteiger partial charge in [0.15, 0.2) is 17.4 Å². The molecule has 17 heavy (non-hydrogen) atoms. The number of benzene rings is 1. The highest BCUT2D eigenvalue weighted by atomic mass is 19.2. The highest BCUT2D eigenvalue weighted by molar-refractivity contribution is 5.47. The van der Waals surface area contributed by atoms with Crippen molar-refractivity contribution in [1.29, 1.82) is 0 Å². The van der Waals surface area contributed by atoms with E-state index in [-0.39, 0.29) is 0 Å². The van der Waals surface area contributed by atoms with Crippen LogP contribution in [0.3, 0.4) is 0 Å². The third-order valence-corrected chi connectivity index (χ3v) is 2.27. The van der Waals surface area contributed by atoms with Crippen molar-refractivity contribution in [2.75, 3.05) is 5.73 Å². The number of anilines is 1. The molecule has 1 aromatic carbocycles. The smallest absolute Gasteiger partial charge is 0.206 e. The van der Waals surface area contributed by atoms with E-state index in [1.807, 2.05) is 6.92 Å². The molecule has 0 saturated carbocycles. The molecule has 1 aromatic rings. The third-order valence-electron chi connectivity index (χ3n) is 2.27. The third kappa shape index (κ3) is 2.62. The summed E-state index contributed by atoms with van der Waals surface area (Å²) in [6.07, 6.45) is 0.669. The van der Waals surface area contributed by atoms with Gasteiger partial charge in [-0.2, -0.15) is 8.78 Å². The predicted molar refractivity (Wildman–Crippen MR) is 55.7 cm³/mol. The summed E-state index contributed by atoms with van der Waals surface area (Å²) in [5.74, 6) is -7.55. The van der Waals surface area contributed by atoms with Crippen LogP contribution < -0.4 is 10.5 Å². The van der Waals surface area contributed by atoms with Gasteiger partial charge in [-0.25, -0.2) is 8.78 Å². The minimum atomic E-state index is -1.64. The molecule has 0 saturated heterocycles. The molecule has 0 spiro atoms. The van der Waals surface area contributed by atoms with Gasteiger partial charge in [0.05, 0.1) is 6.10 Å². The molecule has 0 aliphatic rings. The van der Waals surface area contributed by atoms with Gasteiger partial charge >= 0.3 is 0 Å². The van der Waals surface area contributed by atoms with Gasteiger partial charge in [-0.3, -0.25) is 0 Å². The molecule has 0 bridgehead atoms. The zero-order chi connectivity index (χ0) is 13.2. The van der Waals surface area contributed by atoms with Crippen LogP contribution in [0.4, 0.5) is 23.2 Å². The van der Waals surface area contributed by atoms with Crippen molar-refractivity contribution < 1.29 is 22.3 Å². The van der Waals surface area contributed by atoms with Gasteiger partial charge in [-0.1, -0.05) is 13.3 Å². The normalized spacial score (nSPS) is 12.6. The first-order valence-corrected chi connectivity index (χ1v) is 5.18. The quantitative estimate of drug-likeness (QED) is 0.505. The van der Waals surface area contributed by atoms with Crippen LogP contribution in [0.5, 0.6) is 5.75 Å². The molecule has 1 rings (SSSR count). The Morgan fingerprint density at radius 1 is 1.06 bits per heavy atom. The van der Waals surface area contributed by atoms with Gasteiger partial charge in [0.1, 0.15) is 5.69 Å². The van der Waals surface area contributed by atoms with E-state index < -0.39 is 40.8 Å². The van der Waals surface area contributed by atoms with E-state index >= 15 is 0 Å². The first-order valence-electron chi connectivity index (χ1n) is 5.18. The van der Waals surface area contributed by atoms with Gasteiger partial charge < -0.3 is 10.5 Å². The fourth-order valence-corrected chi connectivity index (χ4v) is 1.40. The number of hydrogen-bond acceptors (Lipinski definition) is 2. The van der Waals surface area contributed by atoms with E-state index in [9.17, 15) is 17.6 Å². The number of hydrogen-bond donors (Lipinski definition) is 1. The van der Waals surface area contributed by atoms with E-state index in [4.69, 9.17) is 10.5 Å². The van der Waals surface area contributed by atoms with Crippen LogP contribution in [-0.4, -0.2) is 6.10 Å². The van der Waals surface area contributed by atoms with Crippen molar-refractivity contribution >= 4 is 5.69 Å². The van der Waals surface area contributed by atoms with Crippen molar-refractivity contribution in [2.24, 2.45) is 0 Å². The van der Waals surface area contributed by atoms with Crippen LogP contribution >= 0.6 is 0 Å². The maximum atomic E-state index is 13.3. The summed E-state index contributed by atoms with van der Waals surface area (Å²) in [4.78, 5) is 0. The molecular weight excluding hydrogens is 238 g/mol. The Kier molecular flexibility index (Phi) is 4.20. The largest absolute Gasteiger partial charge is 0.485 e. The lowest BCUT2D eigenvalue weighted by molar-refractivity contribution is 0.186. The molecule has 6 heteroatoms. The first-order chi connectivity index (χ1) is 7.90. The van der Waals surface area contributed by atoms with Crippen molar-refractivity contribution in [3.05, 3.63) is 23.3 Å². The van der Waals surface area contributed by atoms with Gasteiger partial charge in [0.25, 0.3) is 0 Å². The lowest BCUT2D eigenvalue weighted by atomic mass is 10.2. The van der Waals surface area contributed by atoms with Gasteiger partial charge in [-0.15, -0.1) is 0 Å². The molecule has 0 amide bonds. The number of nitrogen functional groups attached to an aromatic ring is 1. The summed E-state index contributed by atoms with van der Waals surface area (Å²) >= 11 is 0. The van der Waals surface area contributed by atoms with Crippen LogP contribution in [0.15, 0.2) is 0 Å². The second-order valence-corrected chi connectivity index (χ2v) is 3.72. The number of halogens is 4. The van der Waals surface area contributed by atoms with E-state index in [2.05, 4.69) is 0 Å². The maximum absolute atomic E-state index is 13.3. The standard InChI is InChI=1S/C11H13F4NO/c1-3-4-5(2)17-11-8(14)6(12)10(16)7(13)9(11)15/h5H,3-4,16H2,1-2H3. The molecule has 0 aliphatic heterocycles. The second-order valence-electron chi connectivity index (χ2n) is 3.72. The molecule has 0 aliphatic carbocycles. The number of ether oxygens (including phenoxy) is 1. The number of nitrogens with two attached hydrogens (primary N) is 1. The maximum Gasteiger partial charge on any atom is 0.206 e. The zero-order valence-corrected chi connectivity index (χ0v) is 9.49. The first kappa shape index (κ1) is 13.6. The molecule has 2 N–H and O–H groups in total. The minimum Gasteiger partial charge on any atom is -0.485 e. The zero-order valence-electron chi connectivity index (χ0n) is 9.49. The van der Waals surface area contributed by atoms with Gasteiger partial charge in [0, 0.05) is 0 Å². The Balaban J connectivity index is 3.16. The Labute approximate surface area is 96.4 Å². The summed E-state index contributed by atoms with van der Waals surface area (Å²) in [6, 6.07) is 0. The fraction of sp³-hybridized carbons (Fsp3) is 0.455. The predicted octanol–water partition coefficient (Wildman–Crippen LogP) is 3.39. The van der Waals surface area contributed by atoms with Crippen LogP contribution in [0.25, 0.3) is 0 Å². The van der Waals surface area contributed by atoms with E-state index in [0.29, 0.717) is 12.8 Å². The topological polar surface area (TPSA) is 35.2 Å². The Morgan fingerprint density at radius 2 is 1.53 bits per heavy atom. The fourth-order valence-electron chi connectivity index (χ4n) is 1.40. The monoisotopic (exact) mass is 251 g/mol. The van der Waals surface area contributed by atoms with E-state index in [1.54, 1.807) is 6.92 Å². The Hall–Kier alpha value is -1.46. The SMILES string of the molecule is CCCC(C)Oc1c(F)c(F)c(N)c(F)c1F. The molecule has 0 heterocycles. The summed E-state index contributed by atoms with van der Waals surface area (Å²) in [5.41, 5.74) is 3.67. The molecule has 96 valence electrons. The molecule has 1 atom stereocenters. The molecule has 0 fully saturated rings. The molecular formula is C11H13F4NO. The van der Waals surface area contributed by atoms with E-state index in [1.165, 1.54) is 0 Å². The molecule has 0 radical (unpaired) electrons. The highest BCUT2D eigenvalue weighted by Crippen LogP contribution is 2.32. The lowest BCUT2D eigenvalue weighted by Gasteiger charge is -2.16. The highest BCUT2D eigenvalue weighted by Gasteiger charge is 2.26. The molecule has 2 nitrogen and oxygen atoms in total. The minimum absolute atomic E-state index is 0.506. The van der Waals surface area contributed by atoms with Crippen molar-refractivity contribution in [2.45, 2.75) is 32.8 Å². The van der Waals surface area contributed by atoms with Crippen LogP contribution in [-0.2, 0) is 0 Å². The summed E-state index contributed by atoms with van der Waals surface area (Å²) in [7, 11) is 0. The number of rotatable bonds is 4. The van der Waals surface area contributed by atoms with Gasteiger partial charge in [0.2, 0.25) is 11.6 Å². The van der Waals surface area contributed by atoms with E-state index in [0.717, 1.165) is 0 Å². The van der Waals surface area contributed by atoms with Crippen LogP contribution in [0.1, 0.15) is 26.7 Å². The Morgan fingerprint density at radius 3 is 1.94 bits per heavy atom.